The van der Waals surface area contributed by atoms with Crippen molar-refractivity contribution >= 4 is 5.97 Å². The summed E-state index contributed by atoms with van der Waals surface area (Å²) in [6, 6.07) is 0. The summed E-state index contributed by atoms with van der Waals surface area (Å²) in [4.78, 5) is 10.6. The van der Waals surface area contributed by atoms with Crippen LogP contribution in [0.2, 0.25) is 0 Å². The van der Waals surface area contributed by atoms with Crippen LogP contribution in [0.25, 0.3) is 0 Å². The molecule has 0 amide bonds. The zero-order chi connectivity index (χ0) is 9.03. The molecule has 1 aliphatic rings. The number of carbonyl (C=O) groups excluding carboxylic acids is 1. The molecule has 1 fully saturated rings. The molecule has 0 aromatic carbocycles. The number of nitrogens with zero attached hydrogens (tertiary/aromatic N) is 1. The molecule has 0 saturated carbocycles. The zero-order valence-corrected chi connectivity index (χ0v) is 10.5. The molecule has 0 atom stereocenters. The second-order valence-electron chi connectivity index (χ2n) is 3.89. The number of hydrogen-bond acceptors (Lipinski definition) is 2. The third-order valence-electron chi connectivity index (χ3n) is 2.48. The smallest absolute Gasteiger partial charge is 0.306 e. The number of ether oxygens (including phenoxy) is 1. The van der Waals surface area contributed by atoms with E-state index in [0.717, 1.165) is 17.6 Å². The number of piperidine rings is 1. The van der Waals surface area contributed by atoms with Gasteiger partial charge in [-0.25, -0.2) is 0 Å². The van der Waals surface area contributed by atoms with E-state index < -0.39 is 0 Å². The Morgan fingerprint density at radius 2 is 1.85 bits per heavy atom. The minimum absolute atomic E-state index is 0. The van der Waals surface area contributed by atoms with Crippen LogP contribution in [0.15, 0.2) is 0 Å². The van der Waals surface area contributed by atoms with Gasteiger partial charge in [0.05, 0.1) is 20.1 Å². The Morgan fingerprint density at radius 3 is 2.31 bits per heavy atom. The van der Waals surface area contributed by atoms with E-state index in [1.807, 2.05) is 0 Å². The molecular formula is C9H18INO2. The summed E-state index contributed by atoms with van der Waals surface area (Å²) >= 11 is 0. The van der Waals surface area contributed by atoms with Crippen molar-refractivity contribution in [1.82, 2.24) is 0 Å². The predicted octanol–water partition coefficient (Wildman–Crippen LogP) is -1.86. The van der Waals surface area contributed by atoms with Gasteiger partial charge in [0.15, 0.2) is 0 Å². The zero-order valence-electron chi connectivity index (χ0n) is 8.38. The minimum atomic E-state index is -0.167. The molecule has 0 bridgehead atoms. The molecule has 4 heteroatoms. The van der Waals surface area contributed by atoms with Crippen LogP contribution in [-0.4, -0.2) is 37.3 Å². The third kappa shape index (κ3) is 4.81. The van der Waals surface area contributed by atoms with Gasteiger partial charge in [0, 0.05) is 6.92 Å². The highest BCUT2D eigenvalue weighted by molar-refractivity contribution is 5.65. The molecule has 13 heavy (non-hydrogen) atoms. The van der Waals surface area contributed by atoms with Crippen LogP contribution >= 0.6 is 0 Å². The number of esters is 1. The molecule has 0 N–H and O–H groups in total. The summed E-state index contributed by atoms with van der Waals surface area (Å²) in [5, 5.41) is 0. The first-order valence-corrected chi connectivity index (χ1v) is 4.59. The number of likely N-dealkylation sites (tertiary alicyclic amines) is 1. The largest absolute Gasteiger partial charge is 1.00 e. The summed E-state index contributed by atoms with van der Waals surface area (Å²) in [6.45, 7) is 4.31. The summed E-state index contributed by atoms with van der Waals surface area (Å²) in [5.41, 5.74) is 0. The van der Waals surface area contributed by atoms with Gasteiger partial charge in [-0.05, 0) is 19.3 Å². The maximum atomic E-state index is 10.6. The molecule has 0 aliphatic carbocycles. The van der Waals surface area contributed by atoms with Crippen molar-refractivity contribution in [2.45, 2.75) is 26.2 Å². The SMILES string of the molecule is CC(=O)OC[N+]1(C)CCCCC1.[I-]. The van der Waals surface area contributed by atoms with Crippen LogP contribution < -0.4 is 24.0 Å². The lowest BCUT2D eigenvalue weighted by atomic mass is 10.1. The Morgan fingerprint density at radius 1 is 1.31 bits per heavy atom. The first-order valence-electron chi connectivity index (χ1n) is 4.59. The molecule has 1 aliphatic heterocycles. The van der Waals surface area contributed by atoms with Crippen LogP contribution in [0.5, 0.6) is 0 Å². The fraction of sp³-hybridized carbons (Fsp3) is 0.889. The fourth-order valence-electron chi connectivity index (χ4n) is 1.65. The average molecular weight is 299 g/mol. The quantitative estimate of drug-likeness (QED) is 0.340. The Bertz CT molecular complexity index is 167. The Balaban J connectivity index is 0.00000144. The average Bonchev–Trinajstić information content (AvgIpc) is 2.03. The summed E-state index contributed by atoms with van der Waals surface area (Å²) in [5.74, 6) is -0.167. The van der Waals surface area contributed by atoms with Crippen molar-refractivity contribution in [3.63, 3.8) is 0 Å². The van der Waals surface area contributed by atoms with Crippen molar-refractivity contribution in [3.8, 4) is 0 Å². The lowest BCUT2D eigenvalue weighted by molar-refractivity contribution is -0.929. The van der Waals surface area contributed by atoms with Crippen molar-refractivity contribution in [1.29, 1.82) is 0 Å². The Kier molecular flexibility index (Phi) is 5.87. The number of halogens is 1. The van der Waals surface area contributed by atoms with E-state index in [4.69, 9.17) is 4.74 Å². The van der Waals surface area contributed by atoms with E-state index >= 15 is 0 Å². The summed E-state index contributed by atoms with van der Waals surface area (Å²) in [6.07, 6.45) is 3.85. The van der Waals surface area contributed by atoms with Crippen molar-refractivity contribution in [3.05, 3.63) is 0 Å². The maximum absolute atomic E-state index is 10.6. The fourth-order valence-corrected chi connectivity index (χ4v) is 1.65. The van der Waals surface area contributed by atoms with Crippen molar-refractivity contribution < 1.29 is 38.0 Å². The normalized spacial score (nSPS) is 20.2. The minimum Gasteiger partial charge on any atom is -1.00 e. The Hall–Kier alpha value is 0.160. The topological polar surface area (TPSA) is 26.3 Å². The molecule has 0 unspecified atom stereocenters. The Labute approximate surface area is 97.0 Å². The molecule has 78 valence electrons. The van der Waals surface area contributed by atoms with Crippen molar-refractivity contribution in [2.24, 2.45) is 0 Å². The van der Waals surface area contributed by atoms with E-state index in [9.17, 15) is 4.79 Å². The van der Waals surface area contributed by atoms with E-state index in [-0.39, 0.29) is 29.9 Å². The predicted molar refractivity (Wildman–Crippen MR) is 46.4 cm³/mol. The second kappa shape index (κ2) is 5.80. The van der Waals surface area contributed by atoms with Gasteiger partial charge in [-0.3, -0.25) is 9.28 Å². The van der Waals surface area contributed by atoms with Gasteiger partial charge in [-0.15, -0.1) is 0 Å². The number of rotatable bonds is 2. The molecule has 0 aromatic rings. The molecule has 1 saturated heterocycles. The summed E-state index contributed by atoms with van der Waals surface area (Å²) in [7, 11) is 2.15. The lowest BCUT2D eigenvalue weighted by Gasteiger charge is -2.36. The second-order valence-corrected chi connectivity index (χ2v) is 3.89. The van der Waals surface area contributed by atoms with Crippen LogP contribution in [0.3, 0.4) is 0 Å². The lowest BCUT2D eigenvalue weighted by Crippen LogP contribution is -3.00. The van der Waals surface area contributed by atoms with Gasteiger partial charge >= 0.3 is 5.97 Å². The van der Waals surface area contributed by atoms with Gasteiger partial charge in [0.25, 0.3) is 0 Å². The van der Waals surface area contributed by atoms with E-state index in [1.54, 1.807) is 0 Å². The van der Waals surface area contributed by atoms with Crippen LogP contribution in [0.4, 0.5) is 0 Å². The third-order valence-corrected chi connectivity index (χ3v) is 2.48. The van der Waals surface area contributed by atoms with Crippen LogP contribution in [0, 0.1) is 0 Å². The van der Waals surface area contributed by atoms with Crippen molar-refractivity contribution in [2.75, 3.05) is 26.9 Å². The molecule has 3 nitrogen and oxygen atoms in total. The summed E-state index contributed by atoms with van der Waals surface area (Å²) < 4.78 is 5.92. The number of carbonyl (C=O) groups is 1. The highest BCUT2D eigenvalue weighted by Gasteiger charge is 2.25. The number of hydrogen-bond donors (Lipinski definition) is 0. The van der Waals surface area contributed by atoms with Gasteiger partial charge < -0.3 is 28.7 Å². The van der Waals surface area contributed by atoms with E-state index in [1.165, 1.54) is 26.2 Å². The van der Waals surface area contributed by atoms with Gasteiger partial charge in [0.2, 0.25) is 6.73 Å². The van der Waals surface area contributed by atoms with E-state index in [2.05, 4.69) is 7.05 Å². The highest BCUT2D eigenvalue weighted by Crippen LogP contribution is 2.15. The molecule has 0 aromatic heterocycles. The van der Waals surface area contributed by atoms with Gasteiger partial charge in [0.1, 0.15) is 0 Å². The molecule has 1 heterocycles. The maximum Gasteiger partial charge on any atom is 0.306 e. The molecular weight excluding hydrogens is 281 g/mol. The molecule has 0 radical (unpaired) electrons. The van der Waals surface area contributed by atoms with Crippen LogP contribution in [0.1, 0.15) is 26.2 Å². The van der Waals surface area contributed by atoms with E-state index in [0.29, 0.717) is 6.73 Å². The molecule has 0 spiro atoms. The first-order chi connectivity index (χ1) is 5.62. The highest BCUT2D eigenvalue weighted by atomic mass is 127. The number of quaternary nitrogens is 1. The standard InChI is InChI=1S/C9H18NO2.HI/c1-9(11)12-8-10(2)6-4-3-5-7-10;/h3-8H2,1-2H3;1H/q+1;/p-1. The van der Waals surface area contributed by atoms with Gasteiger partial charge in [-0.2, -0.15) is 0 Å². The van der Waals surface area contributed by atoms with Gasteiger partial charge in [-0.1, -0.05) is 0 Å². The monoisotopic (exact) mass is 299 g/mol. The van der Waals surface area contributed by atoms with Crippen LogP contribution in [-0.2, 0) is 9.53 Å². The first kappa shape index (κ1) is 13.2. The molecule has 1 rings (SSSR count).